The Labute approximate surface area is 137 Å². The number of carbonyl (C=O) groups excluding carboxylic acids is 1. The van der Waals surface area contributed by atoms with Crippen LogP contribution in [0.5, 0.6) is 17.2 Å². The molecular weight excluding hydrogens is 350 g/mol. The van der Waals surface area contributed by atoms with Crippen LogP contribution >= 0.6 is 15.9 Å². The molecule has 0 atom stereocenters. The van der Waals surface area contributed by atoms with E-state index in [4.69, 9.17) is 14.2 Å². The molecule has 0 bridgehead atoms. The second kappa shape index (κ2) is 7.17. The summed E-state index contributed by atoms with van der Waals surface area (Å²) in [5, 5.41) is 2.81. The van der Waals surface area contributed by atoms with Gasteiger partial charge in [0.05, 0.1) is 31.5 Å². The van der Waals surface area contributed by atoms with Crippen LogP contribution in [0.2, 0.25) is 0 Å². The van der Waals surface area contributed by atoms with E-state index in [0.29, 0.717) is 28.5 Å². The second-order valence-corrected chi connectivity index (χ2v) is 5.22. The van der Waals surface area contributed by atoms with Crippen molar-refractivity contribution >= 4 is 27.5 Å². The maximum Gasteiger partial charge on any atom is 0.255 e. The normalized spacial score (nSPS) is 10.0. The second-order valence-electron chi connectivity index (χ2n) is 4.37. The molecule has 2 rings (SSSR count). The molecule has 1 amide bonds. The fourth-order valence-corrected chi connectivity index (χ4v) is 2.38. The van der Waals surface area contributed by atoms with Crippen molar-refractivity contribution in [2.45, 2.75) is 0 Å². The minimum absolute atomic E-state index is 0.245. The van der Waals surface area contributed by atoms with Crippen molar-refractivity contribution in [3.63, 3.8) is 0 Å². The van der Waals surface area contributed by atoms with Gasteiger partial charge in [0.1, 0.15) is 17.2 Å². The Morgan fingerprint density at radius 3 is 2.14 bits per heavy atom. The Kier molecular flexibility index (Phi) is 5.27. The van der Waals surface area contributed by atoms with Gasteiger partial charge in [-0.2, -0.15) is 0 Å². The monoisotopic (exact) mass is 365 g/mol. The minimum Gasteiger partial charge on any atom is -0.497 e. The highest BCUT2D eigenvalue weighted by molar-refractivity contribution is 9.10. The molecule has 0 aromatic heterocycles. The zero-order valence-corrected chi connectivity index (χ0v) is 14.1. The number of ether oxygens (including phenoxy) is 3. The molecule has 0 fully saturated rings. The first-order valence-corrected chi connectivity index (χ1v) is 7.25. The van der Waals surface area contributed by atoms with Gasteiger partial charge in [-0.25, -0.2) is 0 Å². The Morgan fingerprint density at radius 2 is 1.59 bits per heavy atom. The molecule has 0 radical (unpaired) electrons. The molecule has 0 unspecified atom stereocenters. The van der Waals surface area contributed by atoms with E-state index in [1.165, 1.54) is 7.11 Å². The molecule has 0 aliphatic carbocycles. The van der Waals surface area contributed by atoms with Gasteiger partial charge in [0, 0.05) is 17.7 Å². The fourth-order valence-electron chi connectivity index (χ4n) is 1.90. The van der Waals surface area contributed by atoms with E-state index in [0.717, 1.165) is 4.47 Å². The first-order chi connectivity index (χ1) is 10.6. The molecule has 0 aliphatic heterocycles. The van der Waals surface area contributed by atoms with Crippen LogP contribution in [0, 0.1) is 0 Å². The Hall–Kier alpha value is -2.21. The summed E-state index contributed by atoms with van der Waals surface area (Å²) < 4.78 is 16.3. The van der Waals surface area contributed by atoms with Gasteiger partial charge in [0.2, 0.25) is 0 Å². The molecule has 0 heterocycles. The van der Waals surface area contributed by atoms with Crippen LogP contribution < -0.4 is 19.5 Å². The molecular formula is C16H16BrNO4. The van der Waals surface area contributed by atoms with Gasteiger partial charge in [0.15, 0.2) is 0 Å². The Bertz CT molecular complexity index is 671. The lowest BCUT2D eigenvalue weighted by Gasteiger charge is -2.13. The molecule has 0 spiro atoms. The number of halogens is 1. The number of amides is 1. The predicted octanol–water partition coefficient (Wildman–Crippen LogP) is 3.73. The van der Waals surface area contributed by atoms with Gasteiger partial charge >= 0.3 is 0 Å². The highest BCUT2D eigenvalue weighted by Crippen LogP contribution is 2.36. The number of anilines is 1. The van der Waals surface area contributed by atoms with Gasteiger partial charge in [0.25, 0.3) is 5.91 Å². The van der Waals surface area contributed by atoms with Crippen molar-refractivity contribution in [2.24, 2.45) is 0 Å². The van der Waals surface area contributed by atoms with Gasteiger partial charge in [-0.1, -0.05) is 0 Å². The van der Waals surface area contributed by atoms with Crippen molar-refractivity contribution in [3.05, 3.63) is 46.4 Å². The molecule has 116 valence electrons. The van der Waals surface area contributed by atoms with E-state index in [9.17, 15) is 4.79 Å². The summed E-state index contributed by atoms with van der Waals surface area (Å²) in [5.74, 6) is 1.59. The van der Waals surface area contributed by atoms with E-state index >= 15 is 0 Å². The van der Waals surface area contributed by atoms with Crippen molar-refractivity contribution in [1.29, 1.82) is 0 Å². The summed E-state index contributed by atoms with van der Waals surface area (Å²) in [5.41, 5.74) is 1.05. The zero-order valence-electron chi connectivity index (χ0n) is 12.5. The number of nitrogens with one attached hydrogen (secondary N) is 1. The van der Waals surface area contributed by atoms with Gasteiger partial charge < -0.3 is 19.5 Å². The lowest BCUT2D eigenvalue weighted by atomic mass is 10.2. The topological polar surface area (TPSA) is 56.8 Å². The summed E-state index contributed by atoms with van der Waals surface area (Å²) in [6, 6.07) is 10.3. The highest BCUT2D eigenvalue weighted by Gasteiger charge is 2.13. The summed E-state index contributed by atoms with van der Waals surface area (Å²) in [4.78, 5) is 12.3. The maximum atomic E-state index is 12.3. The average Bonchev–Trinajstić information content (AvgIpc) is 2.55. The van der Waals surface area contributed by atoms with Crippen LogP contribution in [0.1, 0.15) is 10.4 Å². The molecule has 0 saturated heterocycles. The lowest BCUT2D eigenvalue weighted by Crippen LogP contribution is -2.12. The van der Waals surface area contributed by atoms with Crippen molar-refractivity contribution in [3.8, 4) is 17.2 Å². The van der Waals surface area contributed by atoms with Crippen LogP contribution in [-0.4, -0.2) is 27.2 Å². The number of carbonyl (C=O) groups is 1. The maximum absolute atomic E-state index is 12.3. The number of rotatable bonds is 5. The average molecular weight is 366 g/mol. The SMILES string of the molecule is COc1ccc(C(=O)Nc2cc(OC)c(Br)cc2OC)cc1. The molecule has 5 nitrogen and oxygen atoms in total. The van der Waals surface area contributed by atoms with E-state index in [2.05, 4.69) is 21.2 Å². The molecule has 6 heteroatoms. The predicted molar refractivity (Wildman–Crippen MR) is 88.2 cm³/mol. The largest absolute Gasteiger partial charge is 0.497 e. The minimum atomic E-state index is -0.245. The third-order valence-electron chi connectivity index (χ3n) is 3.07. The van der Waals surface area contributed by atoms with Crippen LogP contribution in [0.4, 0.5) is 5.69 Å². The standard InChI is InChI=1S/C16H16BrNO4/c1-20-11-6-4-10(5-7-11)16(19)18-13-9-14(21-2)12(17)8-15(13)22-3/h4-9H,1-3H3,(H,18,19). The Morgan fingerprint density at radius 1 is 0.955 bits per heavy atom. The zero-order chi connectivity index (χ0) is 16.1. The van der Waals surface area contributed by atoms with E-state index in [1.807, 2.05) is 0 Å². The molecule has 22 heavy (non-hydrogen) atoms. The third kappa shape index (κ3) is 3.51. The fraction of sp³-hybridized carbons (Fsp3) is 0.188. The molecule has 0 aliphatic rings. The number of hydrogen-bond donors (Lipinski definition) is 1. The summed E-state index contributed by atoms with van der Waals surface area (Å²) in [6.45, 7) is 0. The van der Waals surface area contributed by atoms with Crippen molar-refractivity contribution < 1.29 is 19.0 Å². The Balaban J connectivity index is 2.26. The first kappa shape index (κ1) is 16.2. The van der Waals surface area contributed by atoms with Crippen LogP contribution in [0.25, 0.3) is 0 Å². The summed E-state index contributed by atoms with van der Waals surface area (Å²) in [6.07, 6.45) is 0. The van der Waals surface area contributed by atoms with Crippen LogP contribution in [0.3, 0.4) is 0 Å². The van der Waals surface area contributed by atoms with Gasteiger partial charge in [-0.05, 0) is 40.2 Å². The van der Waals surface area contributed by atoms with Crippen molar-refractivity contribution in [2.75, 3.05) is 26.6 Å². The summed E-state index contributed by atoms with van der Waals surface area (Å²) in [7, 11) is 4.67. The number of methoxy groups -OCH3 is 3. The van der Waals surface area contributed by atoms with E-state index in [1.54, 1.807) is 50.6 Å². The molecule has 2 aromatic carbocycles. The number of hydrogen-bond acceptors (Lipinski definition) is 4. The summed E-state index contributed by atoms with van der Waals surface area (Å²) >= 11 is 3.38. The molecule has 1 N–H and O–H groups in total. The van der Waals surface area contributed by atoms with Gasteiger partial charge in [-0.15, -0.1) is 0 Å². The van der Waals surface area contributed by atoms with Crippen LogP contribution in [0.15, 0.2) is 40.9 Å². The smallest absolute Gasteiger partial charge is 0.255 e. The molecule has 2 aromatic rings. The first-order valence-electron chi connectivity index (χ1n) is 6.46. The van der Waals surface area contributed by atoms with E-state index in [-0.39, 0.29) is 5.91 Å². The third-order valence-corrected chi connectivity index (χ3v) is 3.69. The van der Waals surface area contributed by atoms with Crippen molar-refractivity contribution in [1.82, 2.24) is 0 Å². The lowest BCUT2D eigenvalue weighted by molar-refractivity contribution is 0.102. The number of benzene rings is 2. The highest BCUT2D eigenvalue weighted by atomic mass is 79.9. The quantitative estimate of drug-likeness (QED) is 0.876. The van der Waals surface area contributed by atoms with E-state index < -0.39 is 0 Å². The van der Waals surface area contributed by atoms with Gasteiger partial charge in [-0.3, -0.25) is 4.79 Å². The van der Waals surface area contributed by atoms with Crippen LogP contribution in [-0.2, 0) is 0 Å². The molecule has 0 saturated carbocycles.